The molecule has 0 unspecified atom stereocenters. The number of benzene rings is 3. The first-order valence-corrected chi connectivity index (χ1v) is 12.8. The molecule has 3 amide bonds. The van der Waals surface area contributed by atoms with E-state index in [1.807, 2.05) is 60.4 Å². The Bertz CT molecular complexity index is 1190. The number of anilines is 3. The van der Waals surface area contributed by atoms with Crippen molar-refractivity contribution in [2.75, 3.05) is 49.5 Å². The van der Waals surface area contributed by atoms with Gasteiger partial charge in [-0.05, 0) is 67.8 Å². The van der Waals surface area contributed by atoms with Crippen LogP contribution < -0.4 is 20.9 Å². The Kier molecular flexibility index (Phi) is 8.97. The van der Waals surface area contributed by atoms with E-state index in [-0.39, 0.29) is 17.8 Å². The Morgan fingerprint density at radius 3 is 2.43 bits per heavy atom. The first-order chi connectivity index (χ1) is 18.0. The summed E-state index contributed by atoms with van der Waals surface area (Å²) in [4.78, 5) is 29.4. The zero-order valence-electron chi connectivity index (χ0n) is 21.2. The molecule has 0 aliphatic carbocycles. The number of para-hydroxylation sites is 1. The average Bonchev–Trinajstić information content (AvgIpc) is 3.17. The summed E-state index contributed by atoms with van der Waals surface area (Å²) in [5, 5.41) is 9.33. The maximum atomic E-state index is 13.1. The third kappa shape index (κ3) is 7.22. The highest BCUT2D eigenvalue weighted by molar-refractivity contribution is 5.96. The van der Waals surface area contributed by atoms with Gasteiger partial charge in [-0.15, -0.1) is 0 Å². The molecular weight excluding hydrogens is 469 g/mol. The highest BCUT2D eigenvalue weighted by Crippen LogP contribution is 2.31. The molecule has 4 rings (SSSR count). The monoisotopic (exact) mass is 503 g/mol. The van der Waals surface area contributed by atoms with Crippen LogP contribution >= 0.6 is 0 Å². The van der Waals surface area contributed by atoms with Gasteiger partial charge in [0.2, 0.25) is 0 Å². The Balaban J connectivity index is 1.49. The van der Waals surface area contributed by atoms with Gasteiger partial charge in [0, 0.05) is 50.5 Å². The minimum atomic E-state index is -0.271. The molecule has 0 spiro atoms. The first-order valence-electron chi connectivity index (χ1n) is 12.8. The molecule has 3 aromatic carbocycles. The van der Waals surface area contributed by atoms with E-state index in [9.17, 15) is 14.0 Å². The van der Waals surface area contributed by atoms with Gasteiger partial charge in [0.05, 0.1) is 11.4 Å². The van der Waals surface area contributed by atoms with Gasteiger partial charge in [-0.25, -0.2) is 9.18 Å². The fourth-order valence-electron chi connectivity index (χ4n) is 4.43. The van der Waals surface area contributed by atoms with Crippen LogP contribution in [0.15, 0.2) is 72.8 Å². The molecule has 8 heteroatoms. The summed E-state index contributed by atoms with van der Waals surface area (Å²) in [5.74, 6) is -0.435. The summed E-state index contributed by atoms with van der Waals surface area (Å²) in [6.07, 6.45) is 1.47. The fourth-order valence-corrected chi connectivity index (χ4v) is 4.43. The second-order valence-corrected chi connectivity index (χ2v) is 9.02. The normalized spacial score (nSPS) is 13.6. The van der Waals surface area contributed by atoms with E-state index in [0.717, 1.165) is 35.6 Å². The van der Waals surface area contributed by atoms with Crippen molar-refractivity contribution in [3.63, 3.8) is 0 Å². The van der Waals surface area contributed by atoms with Crippen LogP contribution in [0.3, 0.4) is 0 Å². The molecule has 0 atom stereocenters. The summed E-state index contributed by atoms with van der Waals surface area (Å²) in [6, 6.07) is 21.8. The van der Waals surface area contributed by atoms with Crippen molar-refractivity contribution in [1.29, 1.82) is 0 Å². The van der Waals surface area contributed by atoms with Gasteiger partial charge in [-0.1, -0.05) is 30.3 Å². The van der Waals surface area contributed by atoms with Crippen molar-refractivity contribution in [3.05, 3.63) is 89.7 Å². The van der Waals surface area contributed by atoms with Gasteiger partial charge in [-0.3, -0.25) is 4.79 Å². The predicted octanol–water partition coefficient (Wildman–Crippen LogP) is 4.78. The standard InChI is InChI=1S/C29H34FN5O2/c1-2-31-29(37)35-18-6-17-34(19-20-35)27-14-11-23(21-26(27)33-25-7-4-3-5-8-25)28(36)32-16-15-22-9-12-24(30)13-10-22/h3-5,7-14,21,33H,2,6,15-20H2,1H3,(H,31,37)(H,32,36). The molecule has 3 aromatic rings. The first kappa shape index (κ1) is 26.0. The SMILES string of the molecule is CCNC(=O)N1CCCN(c2ccc(C(=O)NCCc3ccc(F)cc3)cc2Nc2ccccc2)CC1. The van der Waals surface area contributed by atoms with Crippen LogP contribution in [0.1, 0.15) is 29.3 Å². The molecule has 3 N–H and O–H groups in total. The van der Waals surface area contributed by atoms with Crippen molar-refractivity contribution in [3.8, 4) is 0 Å². The van der Waals surface area contributed by atoms with E-state index in [4.69, 9.17) is 0 Å². The lowest BCUT2D eigenvalue weighted by atomic mass is 10.1. The maximum Gasteiger partial charge on any atom is 0.317 e. The van der Waals surface area contributed by atoms with Gasteiger partial charge in [0.25, 0.3) is 5.91 Å². The number of halogens is 1. The Morgan fingerprint density at radius 1 is 0.892 bits per heavy atom. The third-order valence-electron chi connectivity index (χ3n) is 6.38. The quantitative estimate of drug-likeness (QED) is 0.413. The van der Waals surface area contributed by atoms with Gasteiger partial charge >= 0.3 is 6.03 Å². The number of hydrogen-bond acceptors (Lipinski definition) is 4. The molecule has 1 saturated heterocycles. The van der Waals surface area contributed by atoms with E-state index < -0.39 is 0 Å². The molecule has 194 valence electrons. The number of amides is 3. The molecule has 1 fully saturated rings. The molecular formula is C29H34FN5O2. The van der Waals surface area contributed by atoms with E-state index in [2.05, 4.69) is 20.9 Å². The summed E-state index contributed by atoms with van der Waals surface area (Å²) in [6.45, 7) is 5.82. The molecule has 1 aliphatic heterocycles. The smallest absolute Gasteiger partial charge is 0.317 e. The number of nitrogens with one attached hydrogen (secondary N) is 3. The molecule has 1 aliphatic rings. The maximum absolute atomic E-state index is 13.1. The Morgan fingerprint density at radius 2 is 1.68 bits per heavy atom. The fraction of sp³-hybridized carbons (Fsp3) is 0.310. The van der Waals surface area contributed by atoms with Gasteiger partial charge in [-0.2, -0.15) is 0 Å². The third-order valence-corrected chi connectivity index (χ3v) is 6.38. The van der Waals surface area contributed by atoms with E-state index in [1.54, 1.807) is 12.1 Å². The number of carbonyl (C=O) groups is 2. The molecule has 0 bridgehead atoms. The summed E-state index contributed by atoms with van der Waals surface area (Å²) in [7, 11) is 0. The predicted molar refractivity (Wildman–Crippen MR) is 146 cm³/mol. The van der Waals surface area contributed by atoms with Crippen molar-refractivity contribution in [2.45, 2.75) is 19.8 Å². The lowest BCUT2D eigenvalue weighted by molar-refractivity contribution is 0.0954. The zero-order chi connectivity index (χ0) is 26.0. The summed E-state index contributed by atoms with van der Waals surface area (Å²) >= 11 is 0. The molecule has 0 saturated carbocycles. The van der Waals surface area contributed by atoms with Gasteiger partial charge < -0.3 is 25.8 Å². The number of urea groups is 1. The molecule has 37 heavy (non-hydrogen) atoms. The highest BCUT2D eigenvalue weighted by atomic mass is 19.1. The van der Waals surface area contributed by atoms with Crippen LogP contribution in [0.2, 0.25) is 0 Å². The largest absolute Gasteiger partial charge is 0.368 e. The average molecular weight is 504 g/mol. The lowest BCUT2D eigenvalue weighted by Crippen LogP contribution is -2.42. The molecule has 1 heterocycles. The minimum absolute atomic E-state index is 0.0281. The van der Waals surface area contributed by atoms with Crippen LogP contribution in [0.25, 0.3) is 0 Å². The molecule has 0 radical (unpaired) electrons. The van der Waals surface area contributed by atoms with Crippen molar-refractivity contribution >= 4 is 29.0 Å². The van der Waals surface area contributed by atoms with Crippen molar-refractivity contribution < 1.29 is 14.0 Å². The summed E-state index contributed by atoms with van der Waals surface area (Å²) < 4.78 is 13.1. The topological polar surface area (TPSA) is 76.7 Å². The Labute approximate surface area is 217 Å². The number of hydrogen-bond donors (Lipinski definition) is 3. The number of rotatable bonds is 8. The number of carbonyl (C=O) groups excluding carboxylic acids is 2. The number of nitrogens with zero attached hydrogens (tertiary/aromatic N) is 2. The molecule has 7 nitrogen and oxygen atoms in total. The van der Waals surface area contributed by atoms with E-state index in [1.165, 1.54) is 12.1 Å². The van der Waals surface area contributed by atoms with Crippen molar-refractivity contribution in [2.24, 2.45) is 0 Å². The van der Waals surface area contributed by atoms with Crippen LogP contribution in [-0.4, -0.2) is 56.1 Å². The van der Waals surface area contributed by atoms with E-state index in [0.29, 0.717) is 44.7 Å². The van der Waals surface area contributed by atoms with Crippen molar-refractivity contribution in [1.82, 2.24) is 15.5 Å². The van der Waals surface area contributed by atoms with Crippen LogP contribution in [0.4, 0.5) is 26.2 Å². The van der Waals surface area contributed by atoms with E-state index >= 15 is 0 Å². The highest BCUT2D eigenvalue weighted by Gasteiger charge is 2.21. The van der Waals surface area contributed by atoms with Gasteiger partial charge in [0.15, 0.2) is 0 Å². The van der Waals surface area contributed by atoms with Crippen LogP contribution in [-0.2, 0) is 6.42 Å². The lowest BCUT2D eigenvalue weighted by Gasteiger charge is -2.27. The second-order valence-electron chi connectivity index (χ2n) is 9.02. The van der Waals surface area contributed by atoms with Gasteiger partial charge in [0.1, 0.15) is 5.82 Å². The summed E-state index contributed by atoms with van der Waals surface area (Å²) in [5.41, 5.74) is 4.27. The zero-order valence-corrected chi connectivity index (χ0v) is 21.2. The minimum Gasteiger partial charge on any atom is -0.368 e. The molecule has 0 aromatic heterocycles. The van der Waals surface area contributed by atoms with Crippen LogP contribution in [0, 0.1) is 5.82 Å². The van der Waals surface area contributed by atoms with Crippen LogP contribution in [0.5, 0.6) is 0 Å². The Hall–Kier alpha value is -4.07. The second kappa shape index (κ2) is 12.8.